The van der Waals surface area contributed by atoms with Crippen LogP contribution in [-0.2, 0) is 6.42 Å². The van der Waals surface area contributed by atoms with Crippen LogP contribution in [0.1, 0.15) is 57.4 Å². The monoisotopic (exact) mass is 286 g/mol. The molecule has 0 unspecified atom stereocenters. The molecule has 1 aromatic rings. The molecule has 4 aliphatic rings. The lowest BCUT2D eigenvalue weighted by Crippen LogP contribution is -2.55. The fourth-order valence-corrected chi connectivity index (χ4v) is 5.55. The zero-order valence-electron chi connectivity index (χ0n) is 12.9. The number of aromatic nitrogens is 2. The van der Waals surface area contributed by atoms with Crippen molar-refractivity contribution in [3.63, 3.8) is 0 Å². The molecule has 0 spiro atoms. The summed E-state index contributed by atoms with van der Waals surface area (Å²) in [6.45, 7) is 2.18. The lowest BCUT2D eigenvalue weighted by molar-refractivity contribution is 0.0105. The highest BCUT2D eigenvalue weighted by Crippen LogP contribution is 2.56. The number of rotatable bonds is 4. The Balaban J connectivity index is 1.63. The van der Waals surface area contributed by atoms with Gasteiger partial charge in [-0.3, -0.25) is 0 Å². The summed E-state index contributed by atoms with van der Waals surface area (Å²) < 4.78 is 0. The van der Waals surface area contributed by atoms with Crippen molar-refractivity contribution in [2.24, 2.45) is 17.8 Å². The first-order valence-electron chi connectivity index (χ1n) is 8.55. The van der Waals surface area contributed by atoms with Gasteiger partial charge in [-0.2, -0.15) is 0 Å². The zero-order valence-corrected chi connectivity index (χ0v) is 12.9. The maximum Gasteiger partial charge on any atom is 0.135 e. The minimum Gasteiger partial charge on any atom is -0.383 e. The van der Waals surface area contributed by atoms with E-state index in [1.807, 2.05) is 0 Å². The summed E-state index contributed by atoms with van der Waals surface area (Å²) in [6.07, 6.45) is 12.0. The van der Waals surface area contributed by atoms with Crippen LogP contribution in [0, 0.1) is 17.8 Å². The number of nitrogens with two attached hydrogens (primary N) is 1. The van der Waals surface area contributed by atoms with Gasteiger partial charge in [0.2, 0.25) is 0 Å². The molecule has 4 fully saturated rings. The van der Waals surface area contributed by atoms with E-state index in [2.05, 4.69) is 22.2 Å². The Kier molecular flexibility index (Phi) is 3.09. The van der Waals surface area contributed by atoms with Gasteiger partial charge >= 0.3 is 0 Å². The van der Waals surface area contributed by atoms with Crippen LogP contribution in [0.5, 0.6) is 0 Å². The Labute approximate surface area is 126 Å². The van der Waals surface area contributed by atoms with Gasteiger partial charge in [-0.1, -0.05) is 13.3 Å². The summed E-state index contributed by atoms with van der Waals surface area (Å²) in [5.41, 5.74) is 7.49. The zero-order chi connectivity index (χ0) is 14.4. The van der Waals surface area contributed by atoms with Crippen molar-refractivity contribution in [3.05, 3.63) is 11.9 Å². The van der Waals surface area contributed by atoms with Gasteiger partial charge in [-0.25, -0.2) is 9.97 Å². The molecule has 3 N–H and O–H groups in total. The molecular weight excluding hydrogens is 260 g/mol. The molecule has 4 bridgehead atoms. The van der Waals surface area contributed by atoms with Gasteiger partial charge in [0.15, 0.2) is 0 Å². The molecule has 21 heavy (non-hydrogen) atoms. The first-order valence-corrected chi connectivity index (χ1v) is 8.55. The van der Waals surface area contributed by atoms with E-state index < -0.39 is 0 Å². The normalized spacial score (nSPS) is 36.9. The third-order valence-corrected chi connectivity index (χ3v) is 5.90. The maximum absolute atomic E-state index is 6.08. The number of nitrogen functional groups attached to an aromatic ring is 1. The van der Waals surface area contributed by atoms with Crippen LogP contribution < -0.4 is 11.1 Å². The average molecular weight is 286 g/mol. The summed E-state index contributed by atoms with van der Waals surface area (Å²) in [4.78, 5) is 8.71. The highest BCUT2D eigenvalue weighted by Gasteiger charge is 2.51. The summed E-state index contributed by atoms with van der Waals surface area (Å²) in [5.74, 6) is 4.48. The SMILES string of the molecule is CCCc1c(N)ncnc1NC12CC3CC(CC(C3)C1)C2. The molecule has 4 heteroatoms. The molecule has 0 aliphatic heterocycles. The first kappa shape index (κ1) is 13.4. The third kappa shape index (κ3) is 2.29. The van der Waals surface area contributed by atoms with E-state index in [1.165, 1.54) is 38.5 Å². The van der Waals surface area contributed by atoms with Crippen molar-refractivity contribution in [2.45, 2.75) is 63.8 Å². The molecule has 0 atom stereocenters. The fraction of sp³-hybridized carbons (Fsp3) is 0.765. The molecule has 4 aliphatic carbocycles. The number of anilines is 2. The lowest BCUT2D eigenvalue weighted by atomic mass is 9.53. The second-order valence-corrected chi connectivity index (χ2v) is 7.66. The van der Waals surface area contributed by atoms with E-state index >= 15 is 0 Å². The van der Waals surface area contributed by atoms with E-state index in [4.69, 9.17) is 5.73 Å². The van der Waals surface area contributed by atoms with Gasteiger partial charge in [0.1, 0.15) is 18.0 Å². The topological polar surface area (TPSA) is 63.8 Å². The van der Waals surface area contributed by atoms with E-state index in [0.29, 0.717) is 5.82 Å². The van der Waals surface area contributed by atoms with Crippen LogP contribution in [-0.4, -0.2) is 15.5 Å². The molecule has 4 saturated carbocycles. The van der Waals surface area contributed by atoms with Gasteiger partial charge in [0.05, 0.1) is 0 Å². The number of nitrogens with one attached hydrogen (secondary N) is 1. The Hall–Kier alpha value is -1.32. The summed E-state index contributed by atoms with van der Waals surface area (Å²) in [7, 11) is 0. The fourth-order valence-electron chi connectivity index (χ4n) is 5.55. The van der Waals surface area contributed by atoms with E-state index in [-0.39, 0.29) is 5.54 Å². The second kappa shape index (κ2) is 4.85. The van der Waals surface area contributed by atoms with Crippen molar-refractivity contribution in [1.29, 1.82) is 0 Å². The third-order valence-electron chi connectivity index (χ3n) is 5.90. The van der Waals surface area contributed by atoms with Crippen LogP contribution in [0.3, 0.4) is 0 Å². The molecule has 0 aromatic carbocycles. The van der Waals surface area contributed by atoms with Gasteiger partial charge in [-0.05, 0) is 62.7 Å². The molecule has 0 amide bonds. The first-order chi connectivity index (χ1) is 10.2. The highest BCUT2D eigenvalue weighted by molar-refractivity contribution is 5.56. The molecule has 4 nitrogen and oxygen atoms in total. The van der Waals surface area contributed by atoms with Crippen molar-refractivity contribution >= 4 is 11.6 Å². The quantitative estimate of drug-likeness (QED) is 0.890. The number of hydrogen-bond acceptors (Lipinski definition) is 4. The maximum atomic E-state index is 6.08. The molecule has 1 aromatic heterocycles. The molecular formula is C17H26N4. The van der Waals surface area contributed by atoms with E-state index in [1.54, 1.807) is 6.33 Å². The molecule has 5 rings (SSSR count). The summed E-state index contributed by atoms with van der Waals surface area (Å²) in [5, 5.41) is 3.85. The minimum atomic E-state index is 0.290. The summed E-state index contributed by atoms with van der Waals surface area (Å²) >= 11 is 0. The van der Waals surface area contributed by atoms with Crippen LogP contribution in [0.15, 0.2) is 6.33 Å². The Morgan fingerprint density at radius 2 is 1.76 bits per heavy atom. The van der Waals surface area contributed by atoms with Gasteiger partial charge in [-0.15, -0.1) is 0 Å². The van der Waals surface area contributed by atoms with Crippen LogP contribution in [0.4, 0.5) is 11.6 Å². The molecule has 0 saturated heterocycles. The second-order valence-electron chi connectivity index (χ2n) is 7.66. The van der Waals surface area contributed by atoms with Crippen LogP contribution >= 0.6 is 0 Å². The molecule has 0 radical (unpaired) electrons. The number of hydrogen-bond donors (Lipinski definition) is 2. The Bertz CT molecular complexity index is 504. The standard InChI is InChI=1S/C17H26N4/c1-2-3-14-15(18)19-10-20-16(14)21-17-7-11-4-12(8-17)6-13(5-11)9-17/h10-13H,2-9H2,1H3,(H3,18,19,20,21). The van der Waals surface area contributed by atoms with Crippen molar-refractivity contribution in [2.75, 3.05) is 11.1 Å². The Morgan fingerprint density at radius 1 is 1.14 bits per heavy atom. The van der Waals surface area contributed by atoms with Crippen molar-refractivity contribution in [3.8, 4) is 0 Å². The van der Waals surface area contributed by atoms with Crippen molar-refractivity contribution in [1.82, 2.24) is 9.97 Å². The van der Waals surface area contributed by atoms with Gasteiger partial charge in [0.25, 0.3) is 0 Å². The molecule has 1 heterocycles. The van der Waals surface area contributed by atoms with E-state index in [0.717, 1.165) is 42.0 Å². The van der Waals surface area contributed by atoms with Gasteiger partial charge < -0.3 is 11.1 Å². The van der Waals surface area contributed by atoms with Crippen LogP contribution in [0.2, 0.25) is 0 Å². The van der Waals surface area contributed by atoms with Crippen LogP contribution in [0.25, 0.3) is 0 Å². The van der Waals surface area contributed by atoms with Gasteiger partial charge in [0, 0.05) is 11.1 Å². The van der Waals surface area contributed by atoms with E-state index in [9.17, 15) is 0 Å². The minimum absolute atomic E-state index is 0.290. The smallest absolute Gasteiger partial charge is 0.135 e. The largest absolute Gasteiger partial charge is 0.383 e. The summed E-state index contributed by atoms with van der Waals surface area (Å²) in [6, 6.07) is 0. The van der Waals surface area contributed by atoms with Crippen molar-refractivity contribution < 1.29 is 0 Å². The number of nitrogens with zero attached hydrogens (tertiary/aromatic N) is 2. The average Bonchev–Trinajstić information content (AvgIpc) is 2.41. The predicted octanol–water partition coefficient (Wildman–Crippen LogP) is 3.39. The Morgan fingerprint density at radius 3 is 2.33 bits per heavy atom. The lowest BCUT2D eigenvalue weighted by Gasteiger charge is -2.57. The predicted molar refractivity (Wildman–Crippen MR) is 85.0 cm³/mol. The highest BCUT2D eigenvalue weighted by atomic mass is 15.1. The molecule has 114 valence electrons.